The van der Waals surface area contributed by atoms with Gasteiger partial charge in [0.15, 0.2) is 0 Å². The van der Waals surface area contributed by atoms with Crippen molar-refractivity contribution in [1.29, 1.82) is 0 Å². The van der Waals surface area contributed by atoms with Crippen LogP contribution in [0.3, 0.4) is 0 Å². The van der Waals surface area contributed by atoms with Crippen LogP contribution in [0.15, 0.2) is 28.7 Å². The van der Waals surface area contributed by atoms with Gasteiger partial charge in [-0.3, -0.25) is 0 Å². The molecule has 0 aliphatic carbocycles. The van der Waals surface area contributed by atoms with Gasteiger partial charge >= 0.3 is 0 Å². The van der Waals surface area contributed by atoms with Crippen molar-refractivity contribution in [3.63, 3.8) is 0 Å². The predicted octanol–water partition coefficient (Wildman–Crippen LogP) is 3.52. The van der Waals surface area contributed by atoms with Crippen LogP contribution in [-0.2, 0) is 0 Å². The Bertz CT molecular complexity index is 361. The van der Waals surface area contributed by atoms with E-state index in [1.807, 2.05) is 0 Å². The first-order chi connectivity index (χ1) is 8.65. The third-order valence-electron chi connectivity index (χ3n) is 3.46. The number of halogens is 1. The van der Waals surface area contributed by atoms with Gasteiger partial charge < -0.3 is 10.2 Å². The van der Waals surface area contributed by atoms with Crippen molar-refractivity contribution < 1.29 is 0 Å². The molecule has 0 aromatic heterocycles. The van der Waals surface area contributed by atoms with E-state index in [1.165, 1.54) is 25.2 Å². The molecule has 18 heavy (non-hydrogen) atoms. The third-order valence-corrected chi connectivity index (χ3v) is 3.99. The largest absolute Gasteiger partial charge is 0.371 e. The normalized spacial score (nSPS) is 19.8. The van der Waals surface area contributed by atoms with Gasteiger partial charge in [-0.05, 0) is 55.6 Å². The minimum absolute atomic E-state index is 0.744. The van der Waals surface area contributed by atoms with Crippen LogP contribution >= 0.6 is 15.9 Å². The van der Waals surface area contributed by atoms with Crippen LogP contribution in [0.4, 0.5) is 5.69 Å². The highest BCUT2D eigenvalue weighted by Crippen LogP contribution is 2.24. The molecule has 3 heteroatoms. The molecular weight excluding hydrogens is 288 g/mol. The second-order valence-corrected chi connectivity index (χ2v) is 6.54. The van der Waals surface area contributed by atoms with Crippen molar-refractivity contribution in [2.75, 3.05) is 31.1 Å². The van der Waals surface area contributed by atoms with Crippen LogP contribution in [0, 0.1) is 11.8 Å². The van der Waals surface area contributed by atoms with Crippen molar-refractivity contribution in [2.45, 2.75) is 20.3 Å². The number of nitrogens with zero attached hydrogens (tertiary/aromatic N) is 1. The minimum atomic E-state index is 0.744. The lowest BCUT2D eigenvalue weighted by atomic mass is 10.1. The maximum absolute atomic E-state index is 3.57. The molecule has 1 aliphatic heterocycles. The zero-order valence-corrected chi connectivity index (χ0v) is 12.9. The van der Waals surface area contributed by atoms with Gasteiger partial charge in [0.1, 0.15) is 0 Å². The Morgan fingerprint density at radius 3 is 2.72 bits per heavy atom. The summed E-state index contributed by atoms with van der Waals surface area (Å²) in [6.45, 7) is 9.19. The highest BCUT2D eigenvalue weighted by Gasteiger charge is 2.22. The maximum Gasteiger partial charge on any atom is 0.0367 e. The van der Waals surface area contributed by atoms with Crippen molar-refractivity contribution in [2.24, 2.45) is 11.8 Å². The Labute approximate surface area is 119 Å². The SMILES string of the molecule is CC(C)CNCC1CCN(c2ccc(Br)cc2)C1. The fraction of sp³-hybridized carbons (Fsp3) is 0.600. The van der Waals surface area contributed by atoms with E-state index in [4.69, 9.17) is 0 Å². The average molecular weight is 311 g/mol. The lowest BCUT2D eigenvalue weighted by molar-refractivity contribution is 0.477. The number of hydrogen-bond donors (Lipinski definition) is 1. The molecule has 0 saturated carbocycles. The van der Waals surface area contributed by atoms with Gasteiger partial charge in [0.2, 0.25) is 0 Å². The van der Waals surface area contributed by atoms with E-state index in [9.17, 15) is 0 Å². The molecular formula is C15H23BrN2. The lowest BCUT2D eigenvalue weighted by Crippen LogP contribution is -2.28. The van der Waals surface area contributed by atoms with Gasteiger partial charge in [-0.25, -0.2) is 0 Å². The van der Waals surface area contributed by atoms with Crippen molar-refractivity contribution in [3.05, 3.63) is 28.7 Å². The third kappa shape index (κ3) is 3.99. The van der Waals surface area contributed by atoms with E-state index in [0.29, 0.717) is 0 Å². The van der Waals surface area contributed by atoms with Crippen LogP contribution in [0.5, 0.6) is 0 Å². The first-order valence-electron chi connectivity index (χ1n) is 6.86. The first kappa shape index (κ1) is 13.9. The first-order valence-corrected chi connectivity index (χ1v) is 7.65. The Kier molecular flexibility index (Phi) is 5.07. The Hall–Kier alpha value is -0.540. The molecule has 1 N–H and O–H groups in total. The summed E-state index contributed by atoms with van der Waals surface area (Å²) in [4.78, 5) is 2.49. The molecule has 1 fully saturated rings. The number of anilines is 1. The van der Waals surface area contributed by atoms with E-state index in [1.54, 1.807) is 0 Å². The molecule has 2 nitrogen and oxygen atoms in total. The molecule has 100 valence electrons. The fourth-order valence-corrected chi connectivity index (χ4v) is 2.73. The van der Waals surface area contributed by atoms with Gasteiger partial charge in [-0.15, -0.1) is 0 Å². The van der Waals surface area contributed by atoms with Gasteiger partial charge in [0.05, 0.1) is 0 Å². The van der Waals surface area contributed by atoms with Gasteiger partial charge in [0, 0.05) is 23.2 Å². The summed E-state index contributed by atoms with van der Waals surface area (Å²) in [5.74, 6) is 1.54. The van der Waals surface area contributed by atoms with E-state index in [2.05, 4.69) is 64.3 Å². The zero-order valence-electron chi connectivity index (χ0n) is 11.3. The highest BCUT2D eigenvalue weighted by atomic mass is 79.9. The monoisotopic (exact) mass is 310 g/mol. The summed E-state index contributed by atoms with van der Waals surface area (Å²) >= 11 is 3.49. The summed E-state index contributed by atoms with van der Waals surface area (Å²) in [5, 5.41) is 3.57. The molecule has 1 saturated heterocycles. The summed E-state index contributed by atoms with van der Waals surface area (Å²) in [7, 11) is 0. The lowest BCUT2D eigenvalue weighted by Gasteiger charge is -2.19. The number of rotatable bonds is 5. The molecule has 1 aliphatic rings. The second-order valence-electron chi connectivity index (χ2n) is 5.63. The number of nitrogens with one attached hydrogen (secondary N) is 1. The van der Waals surface area contributed by atoms with Crippen molar-refractivity contribution in [3.8, 4) is 0 Å². The molecule has 1 unspecified atom stereocenters. The van der Waals surface area contributed by atoms with Gasteiger partial charge in [0.25, 0.3) is 0 Å². The van der Waals surface area contributed by atoms with E-state index in [-0.39, 0.29) is 0 Å². The predicted molar refractivity (Wildman–Crippen MR) is 82.2 cm³/mol. The molecule has 1 atom stereocenters. The summed E-state index contributed by atoms with van der Waals surface area (Å²) in [6, 6.07) is 8.65. The number of hydrogen-bond acceptors (Lipinski definition) is 2. The van der Waals surface area contributed by atoms with Gasteiger partial charge in [-0.1, -0.05) is 29.8 Å². The van der Waals surface area contributed by atoms with Crippen LogP contribution in [0.25, 0.3) is 0 Å². The minimum Gasteiger partial charge on any atom is -0.371 e. The molecule has 0 spiro atoms. The number of benzene rings is 1. The zero-order chi connectivity index (χ0) is 13.0. The van der Waals surface area contributed by atoms with Crippen molar-refractivity contribution in [1.82, 2.24) is 5.32 Å². The summed E-state index contributed by atoms with van der Waals surface area (Å²) in [6.07, 6.45) is 1.31. The molecule has 1 heterocycles. The van der Waals surface area contributed by atoms with Crippen LogP contribution < -0.4 is 10.2 Å². The van der Waals surface area contributed by atoms with Crippen LogP contribution in [-0.4, -0.2) is 26.2 Å². The fourth-order valence-electron chi connectivity index (χ4n) is 2.46. The summed E-state index contributed by atoms with van der Waals surface area (Å²) in [5.41, 5.74) is 1.35. The summed E-state index contributed by atoms with van der Waals surface area (Å²) < 4.78 is 1.15. The standard InChI is InChI=1S/C15H23BrN2/c1-12(2)9-17-10-13-7-8-18(11-13)15-5-3-14(16)4-6-15/h3-6,12-13,17H,7-11H2,1-2H3. The van der Waals surface area contributed by atoms with Crippen molar-refractivity contribution >= 4 is 21.6 Å². The maximum atomic E-state index is 3.57. The van der Waals surface area contributed by atoms with E-state index in [0.717, 1.165) is 29.4 Å². The molecule has 2 rings (SSSR count). The smallest absolute Gasteiger partial charge is 0.0367 e. The molecule has 1 aromatic rings. The van der Waals surface area contributed by atoms with E-state index >= 15 is 0 Å². The molecule has 0 radical (unpaired) electrons. The quantitative estimate of drug-likeness (QED) is 0.895. The highest BCUT2D eigenvalue weighted by molar-refractivity contribution is 9.10. The Balaban J connectivity index is 1.79. The topological polar surface area (TPSA) is 15.3 Å². The van der Waals surface area contributed by atoms with Crippen LogP contribution in [0.2, 0.25) is 0 Å². The molecule has 1 aromatic carbocycles. The Morgan fingerprint density at radius 2 is 2.06 bits per heavy atom. The Morgan fingerprint density at radius 1 is 1.33 bits per heavy atom. The molecule has 0 amide bonds. The van der Waals surface area contributed by atoms with E-state index < -0.39 is 0 Å². The second kappa shape index (κ2) is 6.58. The van der Waals surface area contributed by atoms with Gasteiger partial charge in [-0.2, -0.15) is 0 Å². The van der Waals surface area contributed by atoms with Crippen LogP contribution in [0.1, 0.15) is 20.3 Å². The average Bonchev–Trinajstić information content (AvgIpc) is 2.78. The molecule has 0 bridgehead atoms.